The van der Waals surface area contributed by atoms with E-state index in [0.717, 1.165) is 11.5 Å². The van der Waals surface area contributed by atoms with E-state index in [4.69, 9.17) is 23.2 Å². The Morgan fingerprint density at radius 1 is 1.35 bits per heavy atom. The Bertz CT molecular complexity index is 394. The van der Waals surface area contributed by atoms with Crippen molar-refractivity contribution in [3.05, 3.63) is 33.8 Å². The number of nitrogens with one attached hydrogen (secondary N) is 1. The fourth-order valence-corrected chi connectivity index (χ4v) is 1.75. The van der Waals surface area contributed by atoms with Crippen LogP contribution in [-0.2, 0) is 6.54 Å². The number of benzene rings is 1. The molecule has 17 heavy (non-hydrogen) atoms. The van der Waals surface area contributed by atoms with Crippen LogP contribution < -0.4 is 5.32 Å². The van der Waals surface area contributed by atoms with Crippen LogP contribution in [0.25, 0.3) is 0 Å². The van der Waals surface area contributed by atoms with Crippen LogP contribution in [0.5, 0.6) is 0 Å². The first-order valence-corrected chi connectivity index (χ1v) is 5.62. The van der Waals surface area contributed by atoms with Crippen LogP contribution in [0.4, 0.5) is 0 Å². The van der Waals surface area contributed by atoms with Crippen LogP contribution in [0.3, 0.4) is 0 Å². The van der Waals surface area contributed by atoms with Gasteiger partial charge in [0.1, 0.15) is 0 Å². The Kier molecular flexibility index (Phi) is 7.91. The summed E-state index contributed by atoms with van der Waals surface area (Å²) in [5.41, 5.74) is 0.995. The number of rotatable bonds is 2. The van der Waals surface area contributed by atoms with Gasteiger partial charge in [0.25, 0.3) is 0 Å². The molecule has 3 nitrogen and oxygen atoms in total. The summed E-state index contributed by atoms with van der Waals surface area (Å²) in [5.74, 6) is 0.811. The summed E-state index contributed by atoms with van der Waals surface area (Å²) in [4.78, 5) is 6.02. The minimum Gasteiger partial charge on any atom is -0.352 e. The number of aliphatic imine (C=N–C) groups is 1. The van der Waals surface area contributed by atoms with Gasteiger partial charge >= 0.3 is 0 Å². The maximum atomic E-state index is 6.06. The lowest BCUT2D eigenvalue weighted by molar-refractivity contribution is 0.583. The third kappa shape index (κ3) is 5.31. The molecule has 0 aliphatic heterocycles. The fourth-order valence-electron chi connectivity index (χ4n) is 1.28. The molecule has 1 rings (SSSR count). The van der Waals surface area contributed by atoms with E-state index in [2.05, 4.69) is 10.3 Å². The molecule has 0 saturated carbocycles. The second kappa shape index (κ2) is 8.00. The van der Waals surface area contributed by atoms with Gasteiger partial charge in [-0.25, -0.2) is 0 Å². The van der Waals surface area contributed by atoms with Gasteiger partial charge in [-0.3, -0.25) is 4.99 Å². The normalized spacial score (nSPS) is 10.8. The second-order valence-electron chi connectivity index (χ2n) is 3.53. The Morgan fingerprint density at radius 3 is 2.47 bits per heavy atom. The van der Waals surface area contributed by atoms with Crippen LogP contribution in [0.15, 0.2) is 23.2 Å². The van der Waals surface area contributed by atoms with Gasteiger partial charge in [-0.1, -0.05) is 29.3 Å². The molecule has 1 N–H and O–H groups in total. The summed E-state index contributed by atoms with van der Waals surface area (Å²) >= 11 is 11.9. The van der Waals surface area contributed by atoms with E-state index in [1.807, 2.05) is 31.1 Å². The zero-order valence-corrected chi connectivity index (χ0v) is 13.8. The largest absolute Gasteiger partial charge is 0.352 e. The summed E-state index contributed by atoms with van der Waals surface area (Å²) in [6, 6.07) is 5.46. The minimum atomic E-state index is 0. The highest BCUT2D eigenvalue weighted by atomic mass is 127. The molecule has 0 heterocycles. The fraction of sp³-hybridized carbons (Fsp3) is 0.364. The summed E-state index contributed by atoms with van der Waals surface area (Å²) in [7, 11) is 5.60. The monoisotopic (exact) mass is 387 g/mol. The predicted octanol–water partition coefficient (Wildman–Crippen LogP) is 3.25. The molecule has 0 bridgehead atoms. The molecule has 0 unspecified atom stereocenters. The first-order valence-electron chi connectivity index (χ1n) is 4.86. The molecule has 96 valence electrons. The molecule has 0 aliphatic carbocycles. The number of hydrogen-bond acceptors (Lipinski definition) is 1. The van der Waals surface area contributed by atoms with Crippen molar-refractivity contribution < 1.29 is 0 Å². The van der Waals surface area contributed by atoms with Crippen molar-refractivity contribution in [3.8, 4) is 0 Å². The lowest BCUT2D eigenvalue weighted by atomic mass is 10.2. The maximum absolute atomic E-state index is 6.06. The average Bonchev–Trinajstić information content (AvgIpc) is 2.21. The van der Waals surface area contributed by atoms with E-state index in [-0.39, 0.29) is 24.0 Å². The van der Waals surface area contributed by atoms with E-state index < -0.39 is 0 Å². The number of nitrogens with zero attached hydrogens (tertiary/aromatic N) is 2. The maximum Gasteiger partial charge on any atom is 0.193 e. The summed E-state index contributed by atoms with van der Waals surface area (Å²) in [6.07, 6.45) is 0. The highest BCUT2D eigenvalue weighted by Gasteiger charge is 2.03. The Labute approximate surface area is 129 Å². The van der Waals surface area contributed by atoms with Crippen molar-refractivity contribution in [1.82, 2.24) is 10.2 Å². The highest BCUT2D eigenvalue weighted by Crippen LogP contribution is 2.20. The molecule has 0 atom stereocenters. The first-order chi connectivity index (χ1) is 7.54. The minimum absolute atomic E-state index is 0. The Hall–Kier alpha value is -0.200. The van der Waals surface area contributed by atoms with Gasteiger partial charge in [0.15, 0.2) is 5.96 Å². The van der Waals surface area contributed by atoms with Crippen molar-refractivity contribution in [2.75, 3.05) is 21.1 Å². The SMILES string of the molecule is CN=C(NCc1ccc(Cl)cc1Cl)N(C)C.I. The Balaban J connectivity index is 0.00000256. The van der Waals surface area contributed by atoms with Crippen molar-refractivity contribution in [2.24, 2.45) is 4.99 Å². The average molecular weight is 388 g/mol. The number of hydrogen-bond donors (Lipinski definition) is 1. The van der Waals surface area contributed by atoms with E-state index in [1.165, 1.54) is 0 Å². The van der Waals surface area contributed by atoms with Crippen LogP contribution in [0.1, 0.15) is 5.56 Å². The first kappa shape index (κ1) is 16.8. The Morgan fingerprint density at radius 2 is 2.00 bits per heavy atom. The molecule has 0 saturated heterocycles. The van der Waals surface area contributed by atoms with Gasteiger partial charge < -0.3 is 10.2 Å². The zero-order valence-electron chi connectivity index (χ0n) is 10.00. The molecule has 0 radical (unpaired) electrons. The van der Waals surface area contributed by atoms with Gasteiger partial charge in [-0.2, -0.15) is 0 Å². The molecule has 0 spiro atoms. The van der Waals surface area contributed by atoms with Crippen molar-refractivity contribution in [3.63, 3.8) is 0 Å². The third-order valence-corrected chi connectivity index (χ3v) is 2.67. The molecular formula is C11H16Cl2IN3. The molecular weight excluding hydrogens is 372 g/mol. The van der Waals surface area contributed by atoms with Crippen LogP contribution in [0.2, 0.25) is 10.0 Å². The van der Waals surface area contributed by atoms with Gasteiger partial charge in [-0.15, -0.1) is 24.0 Å². The second-order valence-corrected chi connectivity index (χ2v) is 4.37. The van der Waals surface area contributed by atoms with Gasteiger partial charge in [0.05, 0.1) is 0 Å². The molecule has 0 fully saturated rings. The zero-order chi connectivity index (χ0) is 12.1. The molecule has 0 aliphatic rings. The lowest BCUT2D eigenvalue weighted by Crippen LogP contribution is -2.35. The van der Waals surface area contributed by atoms with E-state index in [9.17, 15) is 0 Å². The van der Waals surface area contributed by atoms with E-state index >= 15 is 0 Å². The number of guanidine groups is 1. The molecule has 1 aromatic carbocycles. The van der Waals surface area contributed by atoms with Crippen molar-refractivity contribution >= 4 is 53.1 Å². The molecule has 6 heteroatoms. The van der Waals surface area contributed by atoms with Crippen molar-refractivity contribution in [2.45, 2.75) is 6.54 Å². The van der Waals surface area contributed by atoms with Gasteiger partial charge in [0.2, 0.25) is 0 Å². The topological polar surface area (TPSA) is 27.6 Å². The molecule has 0 amide bonds. The molecule has 1 aromatic rings. The van der Waals surface area contributed by atoms with Gasteiger partial charge in [-0.05, 0) is 17.7 Å². The lowest BCUT2D eigenvalue weighted by Gasteiger charge is -2.17. The highest BCUT2D eigenvalue weighted by molar-refractivity contribution is 14.0. The van der Waals surface area contributed by atoms with E-state index in [0.29, 0.717) is 16.6 Å². The van der Waals surface area contributed by atoms with E-state index in [1.54, 1.807) is 13.1 Å². The standard InChI is InChI=1S/C11H15Cl2N3.HI/c1-14-11(16(2)3)15-7-8-4-5-9(12)6-10(8)13;/h4-6H,7H2,1-3H3,(H,14,15);1H. The molecule has 0 aromatic heterocycles. The summed E-state index contributed by atoms with van der Waals surface area (Å²) < 4.78 is 0. The van der Waals surface area contributed by atoms with Crippen LogP contribution in [-0.4, -0.2) is 32.0 Å². The smallest absolute Gasteiger partial charge is 0.193 e. The third-order valence-electron chi connectivity index (χ3n) is 2.09. The number of halogens is 3. The predicted molar refractivity (Wildman–Crippen MR) is 85.8 cm³/mol. The quantitative estimate of drug-likeness (QED) is 0.479. The van der Waals surface area contributed by atoms with Gasteiger partial charge in [0, 0.05) is 37.7 Å². The van der Waals surface area contributed by atoms with Crippen molar-refractivity contribution in [1.29, 1.82) is 0 Å². The summed E-state index contributed by atoms with van der Waals surface area (Å²) in [5, 5.41) is 4.50. The van der Waals surface area contributed by atoms with Crippen LogP contribution in [0, 0.1) is 0 Å². The summed E-state index contributed by atoms with van der Waals surface area (Å²) in [6.45, 7) is 0.626. The van der Waals surface area contributed by atoms with Crippen LogP contribution >= 0.6 is 47.2 Å².